The lowest BCUT2D eigenvalue weighted by molar-refractivity contribution is 0.411. The van der Waals surface area contributed by atoms with Crippen LogP contribution in [0.5, 0.6) is 0 Å². The van der Waals surface area contributed by atoms with E-state index in [1.54, 1.807) is 0 Å². The molecular weight excluding hydrogens is 76.1 g/mol. The van der Waals surface area contributed by atoms with Crippen molar-refractivity contribution in [3.8, 4) is 0 Å². The Hall–Kier alpha value is -0.0800. The maximum Gasteiger partial charge on any atom is 0.0647 e. The lowest BCUT2D eigenvalue weighted by Crippen LogP contribution is -2.13. The van der Waals surface area contributed by atoms with Crippen molar-refractivity contribution >= 4 is 0 Å². The van der Waals surface area contributed by atoms with Gasteiger partial charge in [0.25, 0.3) is 0 Å². The molecule has 1 aliphatic rings. The van der Waals surface area contributed by atoms with Gasteiger partial charge in [0.05, 0.1) is 6.67 Å². The van der Waals surface area contributed by atoms with E-state index in [1.807, 2.05) is 0 Å². The van der Waals surface area contributed by atoms with Crippen LogP contribution >= 0.6 is 0 Å². The number of rotatable bonds is 0. The predicted octanol–water partition coefficient (Wildman–Crippen LogP) is -0.506. The second-order valence-corrected chi connectivity index (χ2v) is 1.67. The van der Waals surface area contributed by atoms with Crippen molar-refractivity contribution in [3.05, 3.63) is 0 Å². The third-order valence-corrected chi connectivity index (χ3v) is 0.981. The monoisotopic (exact) mass is 85.1 g/mol. The summed E-state index contributed by atoms with van der Waals surface area (Å²) < 4.78 is 0. The minimum Gasteiger partial charge on any atom is -0.291 e. The molecule has 0 aromatic carbocycles. The lowest BCUT2D eigenvalue weighted by atomic mass is 10.7. The molecule has 0 spiro atoms. The lowest BCUT2D eigenvalue weighted by Gasteiger charge is -1.99. The number of hydrogen-bond acceptors (Lipinski definition) is 1. The zero-order valence-corrected chi connectivity index (χ0v) is 4.02. The Balaban J connectivity index is 2.18. The van der Waals surface area contributed by atoms with Crippen LogP contribution in [0.4, 0.5) is 0 Å². The highest BCUT2D eigenvalue weighted by atomic mass is 15.3. The van der Waals surface area contributed by atoms with Gasteiger partial charge in [-0.1, -0.05) is 0 Å². The van der Waals surface area contributed by atoms with Gasteiger partial charge in [-0.3, -0.25) is 4.90 Å². The van der Waals surface area contributed by atoms with Crippen LogP contribution in [-0.2, 0) is 0 Å². The summed E-state index contributed by atoms with van der Waals surface area (Å²) >= 11 is 0. The molecule has 1 aliphatic heterocycles. The van der Waals surface area contributed by atoms with Crippen LogP contribution in [0.15, 0.2) is 0 Å². The summed E-state index contributed by atoms with van der Waals surface area (Å²) in [6, 6.07) is 0. The van der Waals surface area contributed by atoms with Crippen molar-refractivity contribution < 1.29 is 0 Å². The average molecular weight is 85.1 g/mol. The zero-order chi connectivity index (χ0) is 4.41. The van der Waals surface area contributed by atoms with Crippen molar-refractivity contribution in [2.75, 3.05) is 26.8 Å². The van der Waals surface area contributed by atoms with E-state index < -0.39 is 0 Å². The van der Waals surface area contributed by atoms with E-state index in [-0.39, 0.29) is 0 Å². The molecule has 0 aromatic rings. The Bertz CT molecular complexity index is 38.8. The van der Waals surface area contributed by atoms with Crippen LogP contribution < -0.4 is 5.32 Å². The highest BCUT2D eigenvalue weighted by molar-refractivity contribution is 4.58. The summed E-state index contributed by atoms with van der Waals surface area (Å²) in [5, 5.41) is 4.09. The Labute approximate surface area is 38.1 Å². The second-order valence-electron chi connectivity index (χ2n) is 1.67. The van der Waals surface area contributed by atoms with Crippen molar-refractivity contribution in [3.63, 3.8) is 0 Å². The first-order valence-corrected chi connectivity index (χ1v) is 2.21. The molecule has 0 N–H and O–H groups in total. The number of likely N-dealkylation sites (N-methyl/N-ethyl adjacent to an activating group) is 1. The second kappa shape index (κ2) is 1.58. The standard InChI is InChI=1S/C4H9N2/c1-6-3-2-5-4-6/h2-4H2,1H3. The van der Waals surface area contributed by atoms with Gasteiger partial charge in [0, 0.05) is 13.1 Å². The first-order valence-electron chi connectivity index (χ1n) is 2.21. The first kappa shape index (κ1) is 4.09. The highest BCUT2D eigenvalue weighted by Gasteiger charge is 2.03. The molecule has 0 saturated carbocycles. The van der Waals surface area contributed by atoms with E-state index >= 15 is 0 Å². The van der Waals surface area contributed by atoms with E-state index in [0.717, 1.165) is 19.8 Å². The van der Waals surface area contributed by atoms with E-state index in [0.29, 0.717) is 0 Å². The van der Waals surface area contributed by atoms with Crippen LogP contribution in [0.25, 0.3) is 0 Å². The zero-order valence-electron chi connectivity index (χ0n) is 4.02. The molecule has 6 heavy (non-hydrogen) atoms. The molecule has 2 heteroatoms. The van der Waals surface area contributed by atoms with Crippen LogP contribution in [-0.4, -0.2) is 31.7 Å². The third-order valence-electron chi connectivity index (χ3n) is 0.981. The quantitative estimate of drug-likeness (QED) is 0.387. The molecule has 0 bridgehead atoms. The van der Waals surface area contributed by atoms with Gasteiger partial charge in [-0.25, -0.2) is 5.32 Å². The fraction of sp³-hybridized carbons (Fsp3) is 1.00. The van der Waals surface area contributed by atoms with Gasteiger partial charge in [-0.05, 0) is 7.05 Å². The summed E-state index contributed by atoms with van der Waals surface area (Å²) in [6.45, 7) is 3.14. The molecule has 1 fully saturated rings. The topological polar surface area (TPSA) is 17.3 Å². The van der Waals surface area contributed by atoms with Gasteiger partial charge in [0.1, 0.15) is 0 Å². The van der Waals surface area contributed by atoms with Gasteiger partial charge in [0.15, 0.2) is 0 Å². The van der Waals surface area contributed by atoms with Gasteiger partial charge < -0.3 is 0 Å². The third kappa shape index (κ3) is 0.698. The molecule has 35 valence electrons. The minimum absolute atomic E-state index is 0.944. The van der Waals surface area contributed by atoms with Crippen LogP contribution in [0.2, 0.25) is 0 Å². The maximum absolute atomic E-state index is 4.09. The largest absolute Gasteiger partial charge is 0.291 e. The predicted molar refractivity (Wildman–Crippen MR) is 24.5 cm³/mol. The van der Waals surface area contributed by atoms with Crippen LogP contribution in [0, 0.1) is 0 Å². The van der Waals surface area contributed by atoms with E-state index in [9.17, 15) is 0 Å². The van der Waals surface area contributed by atoms with Crippen LogP contribution in [0.1, 0.15) is 0 Å². The van der Waals surface area contributed by atoms with E-state index in [4.69, 9.17) is 0 Å². The van der Waals surface area contributed by atoms with Crippen molar-refractivity contribution in [1.82, 2.24) is 10.2 Å². The SMILES string of the molecule is CN1CC[N]C1. The fourth-order valence-corrected chi connectivity index (χ4v) is 0.554. The first-order chi connectivity index (χ1) is 2.89. The van der Waals surface area contributed by atoms with E-state index in [2.05, 4.69) is 17.3 Å². The number of nitrogens with zero attached hydrogens (tertiary/aromatic N) is 2. The molecule has 0 aromatic heterocycles. The minimum atomic E-state index is 0.944. The van der Waals surface area contributed by atoms with Crippen LogP contribution in [0.3, 0.4) is 0 Å². The molecule has 0 unspecified atom stereocenters. The smallest absolute Gasteiger partial charge is 0.0647 e. The Morgan fingerprint density at radius 2 is 2.50 bits per heavy atom. The summed E-state index contributed by atoms with van der Waals surface area (Å²) in [5.41, 5.74) is 0. The normalized spacial score (nSPS) is 25.5. The average Bonchev–Trinajstić information content (AvgIpc) is 1.86. The van der Waals surface area contributed by atoms with Crippen molar-refractivity contribution in [2.24, 2.45) is 0 Å². The molecule has 0 atom stereocenters. The van der Waals surface area contributed by atoms with Gasteiger partial charge in [-0.2, -0.15) is 0 Å². The van der Waals surface area contributed by atoms with Crippen molar-refractivity contribution in [2.45, 2.75) is 0 Å². The molecular formula is C4H9N2. The molecule has 1 heterocycles. The summed E-state index contributed by atoms with van der Waals surface area (Å²) in [7, 11) is 2.08. The Kier molecular flexibility index (Phi) is 1.08. The summed E-state index contributed by atoms with van der Waals surface area (Å²) in [5.74, 6) is 0. The molecule has 1 radical (unpaired) electrons. The molecule has 0 amide bonds. The van der Waals surface area contributed by atoms with Gasteiger partial charge in [-0.15, -0.1) is 0 Å². The molecule has 1 rings (SSSR count). The summed E-state index contributed by atoms with van der Waals surface area (Å²) in [4.78, 5) is 2.19. The Morgan fingerprint density at radius 1 is 1.67 bits per heavy atom. The van der Waals surface area contributed by atoms with Gasteiger partial charge >= 0.3 is 0 Å². The number of hydrogen-bond donors (Lipinski definition) is 0. The van der Waals surface area contributed by atoms with E-state index in [1.165, 1.54) is 0 Å². The Morgan fingerprint density at radius 3 is 2.67 bits per heavy atom. The maximum atomic E-state index is 4.09. The molecule has 1 saturated heterocycles. The highest BCUT2D eigenvalue weighted by Crippen LogP contribution is 1.84. The fourth-order valence-electron chi connectivity index (χ4n) is 0.554. The van der Waals surface area contributed by atoms with Gasteiger partial charge in [0.2, 0.25) is 0 Å². The summed E-state index contributed by atoms with van der Waals surface area (Å²) in [6.07, 6.45) is 0. The molecule has 2 nitrogen and oxygen atoms in total. The van der Waals surface area contributed by atoms with Crippen molar-refractivity contribution in [1.29, 1.82) is 0 Å². The molecule has 0 aliphatic carbocycles.